The van der Waals surface area contributed by atoms with Crippen molar-refractivity contribution in [3.8, 4) is 0 Å². The largest absolute Gasteiger partial charge is 0.333 e. The van der Waals surface area contributed by atoms with E-state index in [0.717, 1.165) is 64.4 Å². The normalized spacial score (nSPS) is 13.9. The Morgan fingerprint density at radius 2 is 1.83 bits per heavy atom. The Bertz CT molecular complexity index is 1410. The second kappa shape index (κ2) is 10.4. The molecule has 35 heavy (non-hydrogen) atoms. The molecule has 4 aromatic rings. The summed E-state index contributed by atoms with van der Waals surface area (Å²) in [6, 6.07) is 16.9. The number of nitrogens with zero attached hydrogens (tertiary/aromatic N) is 3. The Labute approximate surface area is 218 Å². The van der Waals surface area contributed by atoms with Crippen LogP contribution in [-0.2, 0) is 19.5 Å². The molecule has 1 aliphatic rings. The summed E-state index contributed by atoms with van der Waals surface area (Å²) >= 11 is 18.3. The first-order valence-electron chi connectivity index (χ1n) is 11.3. The van der Waals surface area contributed by atoms with Crippen LogP contribution in [-0.4, -0.2) is 33.6 Å². The van der Waals surface area contributed by atoms with E-state index in [-0.39, 0.29) is 6.03 Å². The van der Waals surface area contributed by atoms with Gasteiger partial charge in [-0.3, -0.25) is 9.47 Å². The fraction of sp³-hybridized carbons (Fsp3) is 0.185. The molecule has 1 aliphatic heterocycles. The van der Waals surface area contributed by atoms with E-state index in [4.69, 9.17) is 34.8 Å². The zero-order valence-corrected chi connectivity index (χ0v) is 21.1. The van der Waals surface area contributed by atoms with Crippen molar-refractivity contribution < 1.29 is 4.79 Å². The van der Waals surface area contributed by atoms with Gasteiger partial charge in [-0.05, 0) is 59.2 Å². The molecular formula is C27H23Cl3N4O. The zero-order valence-electron chi connectivity index (χ0n) is 18.8. The third-order valence-corrected chi connectivity index (χ3v) is 6.86. The van der Waals surface area contributed by atoms with Gasteiger partial charge in [0.15, 0.2) is 0 Å². The first kappa shape index (κ1) is 23.9. The molecule has 0 saturated carbocycles. The van der Waals surface area contributed by atoms with Gasteiger partial charge in [-0.1, -0.05) is 59.1 Å². The van der Waals surface area contributed by atoms with E-state index in [0.29, 0.717) is 16.7 Å². The van der Waals surface area contributed by atoms with E-state index in [1.54, 1.807) is 16.8 Å². The van der Waals surface area contributed by atoms with Gasteiger partial charge in [0.05, 0.1) is 5.52 Å². The summed E-state index contributed by atoms with van der Waals surface area (Å²) in [5.41, 5.74) is 5.05. The van der Waals surface area contributed by atoms with Gasteiger partial charge in [0.25, 0.3) is 0 Å². The van der Waals surface area contributed by atoms with Crippen LogP contribution < -0.4 is 5.32 Å². The summed E-state index contributed by atoms with van der Waals surface area (Å²) < 4.78 is 1.80. The molecular weight excluding hydrogens is 503 g/mol. The van der Waals surface area contributed by atoms with E-state index < -0.39 is 0 Å². The van der Waals surface area contributed by atoms with Gasteiger partial charge in [-0.15, -0.1) is 0 Å². The van der Waals surface area contributed by atoms with Crippen molar-refractivity contribution in [1.82, 2.24) is 19.8 Å². The second-order valence-electron chi connectivity index (χ2n) is 8.51. The fourth-order valence-electron chi connectivity index (χ4n) is 4.50. The number of benzene rings is 2. The maximum absolute atomic E-state index is 13.3. The highest BCUT2D eigenvalue weighted by atomic mass is 35.5. The number of amides is 1. The monoisotopic (exact) mass is 524 g/mol. The predicted octanol–water partition coefficient (Wildman–Crippen LogP) is 6.83. The Kier molecular flexibility index (Phi) is 7.12. The highest BCUT2D eigenvalue weighted by Crippen LogP contribution is 2.32. The Morgan fingerprint density at radius 1 is 1.03 bits per heavy atom. The van der Waals surface area contributed by atoms with Crippen LogP contribution in [0.1, 0.15) is 22.4 Å². The quantitative estimate of drug-likeness (QED) is 0.291. The van der Waals surface area contributed by atoms with Gasteiger partial charge in [-0.2, -0.15) is 0 Å². The van der Waals surface area contributed by atoms with Gasteiger partial charge < -0.3 is 5.32 Å². The van der Waals surface area contributed by atoms with E-state index in [2.05, 4.69) is 27.4 Å². The maximum atomic E-state index is 13.3. The molecule has 2 aromatic carbocycles. The number of rotatable bonds is 5. The number of carbonyl (C=O) groups excluding carboxylic acids is 1. The summed E-state index contributed by atoms with van der Waals surface area (Å²) in [4.78, 5) is 19.7. The minimum Gasteiger partial charge on any atom is -0.333 e. The van der Waals surface area contributed by atoms with E-state index in [1.807, 2.05) is 48.5 Å². The fourth-order valence-corrected chi connectivity index (χ4v) is 4.99. The average Bonchev–Trinajstić information content (AvgIpc) is 3.17. The van der Waals surface area contributed by atoms with Crippen molar-refractivity contribution in [2.75, 3.05) is 13.1 Å². The van der Waals surface area contributed by atoms with Gasteiger partial charge in [-0.25, -0.2) is 9.78 Å². The smallest absolute Gasteiger partial charge is 0.326 e. The third-order valence-electron chi connectivity index (χ3n) is 6.17. The summed E-state index contributed by atoms with van der Waals surface area (Å²) in [6.45, 7) is 2.78. The standard InChI is InChI=1S/C27H23Cl3N4O/c28-20-5-3-18(4-6-20)2-1-12-33-13-10-25-23(17-33)22-15-21(29)7-8-24(22)34(25)27(35)32-16-19-9-11-31-26(30)14-19/h1-9,11,14-15H,10,12-13,16-17H2,(H,32,35)/b2-1+. The van der Waals surface area contributed by atoms with Crippen LogP contribution in [0.4, 0.5) is 4.79 Å². The molecule has 0 radical (unpaired) electrons. The highest BCUT2D eigenvalue weighted by molar-refractivity contribution is 6.31. The topological polar surface area (TPSA) is 50.2 Å². The maximum Gasteiger partial charge on any atom is 0.326 e. The van der Waals surface area contributed by atoms with Crippen LogP contribution >= 0.6 is 34.8 Å². The van der Waals surface area contributed by atoms with Crippen molar-refractivity contribution in [3.63, 3.8) is 0 Å². The molecule has 0 fully saturated rings. The van der Waals surface area contributed by atoms with Crippen molar-refractivity contribution >= 4 is 57.8 Å². The lowest BCUT2D eigenvalue weighted by Crippen LogP contribution is -2.34. The van der Waals surface area contributed by atoms with Crippen LogP contribution in [0.15, 0.2) is 66.9 Å². The number of hydrogen-bond acceptors (Lipinski definition) is 3. The van der Waals surface area contributed by atoms with E-state index in [1.165, 1.54) is 0 Å². The first-order chi connectivity index (χ1) is 17.0. The van der Waals surface area contributed by atoms with Crippen LogP contribution in [0, 0.1) is 0 Å². The van der Waals surface area contributed by atoms with Crippen LogP contribution in [0.3, 0.4) is 0 Å². The van der Waals surface area contributed by atoms with Gasteiger partial charge >= 0.3 is 6.03 Å². The molecule has 3 heterocycles. The number of hydrogen-bond donors (Lipinski definition) is 1. The lowest BCUT2D eigenvalue weighted by atomic mass is 10.0. The van der Waals surface area contributed by atoms with Gasteiger partial charge in [0.2, 0.25) is 0 Å². The van der Waals surface area contributed by atoms with Gasteiger partial charge in [0, 0.05) is 59.9 Å². The Morgan fingerprint density at radius 3 is 2.63 bits per heavy atom. The molecule has 178 valence electrons. The molecule has 5 nitrogen and oxygen atoms in total. The summed E-state index contributed by atoms with van der Waals surface area (Å²) in [5, 5.41) is 5.83. The minimum atomic E-state index is -0.164. The second-order valence-corrected chi connectivity index (χ2v) is 9.77. The van der Waals surface area contributed by atoms with E-state index in [9.17, 15) is 4.79 Å². The SMILES string of the molecule is O=C(NCc1ccnc(Cl)c1)n1c2c(c3cc(Cl)ccc31)CN(C/C=C/c1ccc(Cl)cc1)CC2. The molecule has 0 bridgehead atoms. The first-order valence-corrected chi connectivity index (χ1v) is 12.5. The number of nitrogens with one attached hydrogen (secondary N) is 1. The molecule has 2 aromatic heterocycles. The average molecular weight is 526 g/mol. The van der Waals surface area contributed by atoms with Crippen molar-refractivity contribution in [2.24, 2.45) is 0 Å². The lowest BCUT2D eigenvalue weighted by Gasteiger charge is -2.27. The van der Waals surface area contributed by atoms with Crippen LogP contribution in [0.25, 0.3) is 17.0 Å². The molecule has 0 spiro atoms. The molecule has 0 unspecified atom stereocenters. The molecule has 8 heteroatoms. The lowest BCUT2D eigenvalue weighted by molar-refractivity contribution is 0.240. The Hall–Kier alpha value is -2.83. The van der Waals surface area contributed by atoms with Crippen LogP contribution in [0.5, 0.6) is 0 Å². The number of halogens is 3. The number of aromatic nitrogens is 2. The third kappa shape index (κ3) is 5.39. The molecule has 1 N–H and O–H groups in total. The molecule has 0 aliphatic carbocycles. The summed E-state index contributed by atoms with van der Waals surface area (Å²) in [5.74, 6) is 0. The van der Waals surface area contributed by atoms with Crippen molar-refractivity contribution in [3.05, 3.63) is 104 Å². The molecule has 0 saturated heterocycles. The van der Waals surface area contributed by atoms with Gasteiger partial charge in [0.1, 0.15) is 5.15 Å². The number of carbonyl (C=O) groups is 1. The molecule has 5 rings (SSSR count). The molecule has 1 amide bonds. The van der Waals surface area contributed by atoms with Crippen molar-refractivity contribution in [2.45, 2.75) is 19.5 Å². The predicted molar refractivity (Wildman–Crippen MR) is 143 cm³/mol. The van der Waals surface area contributed by atoms with Crippen molar-refractivity contribution in [1.29, 1.82) is 0 Å². The summed E-state index contributed by atoms with van der Waals surface area (Å²) in [6.07, 6.45) is 6.66. The number of pyridine rings is 1. The molecule has 0 atom stereocenters. The minimum absolute atomic E-state index is 0.164. The number of fused-ring (bicyclic) bond motifs is 3. The van der Waals surface area contributed by atoms with Crippen LogP contribution in [0.2, 0.25) is 15.2 Å². The Balaban J connectivity index is 1.37. The van der Waals surface area contributed by atoms with E-state index >= 15 is 0 Å². The zero-order chi connectivity index (χ0) is 24.4. The summed E-state index contributed by atoms with van der Waals surface area (Å²) in [7, 11) is 0. The highest BCUT2D eigenvalue weighted by Gasteiger charge is 2.26.